The lowest BCUT2D eigenvalue weighted by Gasteiger charge is -2.09. The Morgan fingerprint density at radius 1 is 0.933 bits per heavy atom. The molecule has 0 aliphatic rings. The number of carbonyl (C=O) groups excluding carboxylic acids is 1. The molecule has 0 saturated heterocycles. The molecule has 0 aliphatic heterocycles. The molecule has 0 saturated carbocycles. The third-order valence-electron chi connectivity index (χ3n) is 4.46. The predicted octanol–water partition coefficient (Wildman–Crippen LogP) is 5.83. The van der Waals surface area contributed by atoms with Crippen molar-refractivity contribution in [3.8, 4) is 27.6 Å². The monoisotopic (exact) mass is 434 g/mol. The van der Waals surface area contributed by atoms with Gasteiger partial charge in [-0.1, -0.05) is 78.3 Å². The van der Waals surface area contributed by atoms with Gasteiger partial charge in [-0.3, -0.25) is 4.79 Å². The van der Waals surface area contributed by atoms with Crippen molar-refractivity contribution >= 4 is 28.8 Å². The van der Waals surface area contributed by atoms with Crippen LogP contribution in [0.1, 0.15) is 5.56 Å². The van der Waals surface area contributed by atoms with E-state index in [1.54, 1.807) is 23.5 Å². The van der Waals surface area contributed by atoms with Gasteiger partial charge in [-0.2, -0.15) is 0 Å². The first-order chi connectivity index (χ1) is 14.7. The van der Waals surface area contributed by atoms with Crippen LogP contribution in [0.15, 0.2) is 84.2 Å². The molecule has 4 rings (SSSR count). The quantitative estimate of drug-likeness (QED) is 0.398. The van der Waals surface area contributed by atoms with Crippen LogP contribution in [0.5, 0.6) is 5.75 Å². The topological polar surface area (TPSA) is 51.2 Å². The number of benzene rings is 3. The molecular weight excluding hydrogens is 416 g/mol. The SMILES string of the molecule is O=C(COc1ccccc1Cl)NCc1ccc(-c2csc(-c3ccccc3)n2)cc1. The van der Waals surface area contributed by atoms with Crippen molar-refractivity contribution in [1.29, 1.82) is 0 Å². The van der Waals surface area contributed by atoms with Crippen molar-refractivity contribution in [2.75, 3.05) is 6.61 Å². The van der Waals surface area contributed by atoms with Crippen LogP contribution in [0, 0.1) is 0 Å². The molecule has 6 heteroatoms. The van der Waals surface area contributed by atoms with Gasteiger partial charge < -0.3 is 10.1 Å². The van der Waals surface area contributed by atoms with Gasteiger partial charge in [0.05, 0.1) is 10.7 Å². The molecule has 3 aromatic carbocycles. The first-order valence-electron chi connectivity index (χ1n) is 9.43. The summed E-state index contributed by atoms with van der Waals surface area (Å²) in [7, 11) is 0. The zero-order valence-electron chi connectivity index (χ0n) is 16.0. The molecule has 1 amide bonds. The van der Waals surface area contributed by atoms with Crippen LogP contribution >= 0.6 is 22.9 Å². The van der Waals surface area contributed by atoms with E-state index < -0.39 is 0 Å². The van der Waals surface area contributed by atoms with Crippen molar-refractivity contribution in [2.45, 2.75) is 6.54 Å². The highest BCUT2D eigenvalue weighted by Crippen LogP contribution is 2.28. The number of nitrogens with zero attached hydrogens (tertiary/aromatic N) is 1. The number of thiazole rings is 1. The van der Waals surface area contributed by atoms with Crippen molar-refractivity contribution in [1.82, 2.24) is 10.3 Å². The summed E-state index contributed by atoms with van der Waals surface area (Å²) < 4.78 is 5.45. The fourth-order valence-electron chi connectivity index (χ4n) is 2.87. The summed E-state index contributed by atoms with van der Waals surface area (Å²) >= 11 is 7.65. The second-order valence-corrected chi connectivity index (χ2v) is 7.86. The number of aromatic nitrogens is 1. The number of para-hydroxylation sites is 1. The highest BCUT2D eigenvalue weighted by atomic mass is 35.5. The first-order valence-corrected chi connectivity index (χ1v) is 10.7. The molecule has 1 aromatic heterocycles. The maximum absolute atomic E-state index is 12.0. The summed E-state index contributed by atoms with van der Waals surface area (Å²) in [6.45, 7) is 0.347. The van der Waals surface area contributed by atoms with E-state index in [4.69, 9.17) is 21.3 Å². The zero-order valence-corrected chi connectivity index (χ0v) is 17.6. The van der Waals surface area contributed by atoms with E-state index in [-0.39, 0.29) is 12.5 Å². The molecule has 1 N–H and O–H groups in total. The molecule has 0 aliphatic carbocycles. The van der Waals surface area contributed by atoms with Gasteiger partial charge in [0.1, 0.15) is 10.8 Å². The Kier molecular flexibility index (Phi) is 6.42. The van der Waals surface area contributed by atoms with Gasteiger partial charge in [0, 0.05) is 23.1 Å². The molecule has 150 valence electrons. The van der Waals surface area contributed by atoms with Gasteiger partial charge in [0.25, 0.3) is 5.91 Å². The summed E-state index contributed by atoms with van der Waals surface area (Å²) in [6.07, 6.45) is 0. The van der Waals surface area contributed by atoms with Crippen LogP contribution < -0.4 is 10.1 Å². The number of amides is 1. The minimum absolute atomic E-state index is 0.0805. The maximum Gasteiger partial charge on any atom is 0.258 e. The van der Waals surface area contributed by atoms with E-state index in [1.807, 2.05) is 54.6 Å². The lowest BCUT2D eigenvalue weighted by atomic mass is 10.1. The van der Waals surface area contributed by atoms with Crippen molar-refractivity contribution in [2.24, 2.45) is 0 Å². The third kappa shape index (κ3) is 5.06. The minimum Gasteiger partial charge on any atom is -0.482 e. The Labute approximate surface area is 184 Å². The average Bonchev–Trinajstić information content (AvgIpc) is 3.28. The second kappa shape index (κ2) is 9.57. The number of hydrogen-bond donors (Lipinski definition) is 1. The van der Waals surface area contributed by atoms with Gasteiger partial charge in [0.15, 0.2) is 6.61 Å². The van der Waals surface area contributed by atoms with E-state index in [1.165, 1.54) is 0 Å². The molecule has 30 heavy (non-hydrogen) atoms. The summed E-state index contributed by atoms with van der Waals surface area (Å²) in [6, 6.07) is 25.2. The Morgan fingerprint density at radius 2 is 1.67 bits per heavy atom. The molecule has 0 radical (unpaired) electrons. The summed E-state index contributed by atoms with van der Waals surface area (Å²) in [5.74, 6) is 0.294. The smallest absolute Gasteiger partial charge is 0.258 e. The Morgan fingerprint density at radius 3 is 2.43 bits per heavy atom. The van der Waals surface area contributed by atoms with E-state index in [2.05, 4.69) is 22.8 Å². The Balaban J connectivity index is 1.31. The van der Waals surface area contributed by atoms with Gasteiger partial charge in [-0.05, 0) is 17.7 Å². The van der Waals surface area contributed by atoms with E-state index in [0.29, 0.717) is 17.3 Å². The minimum atomic E-state index is -0.203. The summed E-state index contributed by atoms with van der Waals surface area (Å²) in [5, 5.41) is 6.40. The maximum atomic E-state index is 12.0. The van der Waals surface area contributed by atoms with Gasteiger partial charge >= 0.3 is 0 Å². The molecule has 4 nitrogen and oxygen atoms in total. The highest BCUT2D eigenvalue weighted by Gasteiger charge is 2.08. The molecule has 0 unspecified atom stereocenters. The number of nitrogens with one attached hydrogen (secondary N) is 1. The van der Waals surface area contributed by atoms with Gasteiger partial charge in [-0.25, -0.2) is 4.98 Å². The number of halogens is 1. The first kappa shape index (κ1) is 20.1. The standard InChI is InChI=1S/C24H19ClN2O2S/c25-20-8-4-5-9-22(20)29-15-23(28)26-14-17-10-12-18(13-11-17)21-16-30-24(27-21)19-6-2-1-3-7-19/h1-13,16H,14-15H2,(H,26,28). The molecule has 0 fully saturated rings. The number of carbonyl (C=O) groups is 1. The lowest BCUT2D eigenvalue weighted by molar-refractivity contribution is -0.123. The van der Waals surface area contributed by atoms with Crippen LogP contribution in [-0.2, 0) is 11.3 Å². The third-order valence-corrected chi connectivity index (χ3v) is 5.66. The predicted molar refractivity (Wildman–Crippen MR) is 122 cm³/mol. The number of ether oxygens (including phenoxy) is 1. The second-order valence-electron chi connectivity index (χ2n) is 6.60. The number of hydrogen-bond acceptors (Lipinski definition) is 4. The molecule has 0 spiro atoms. The normalized spacial score (nSPS) is 10.6. The lowest BCUT2D eigenvalue weighted by Crippen LogP contribution is -2.28. The van der Waals surface area contributed by atoms with Crippen LogP contribution in [0.3, 0.4) is 0 Å². The average molecular weight is 435 g/mol. The van der Waals surface area contributed by atoms with Gasteiger partial charge in [-0.15, -0.1) is 11.3 Å². The van der Waals surface area contributed by atoms with Crippen molar-refractivity contribution in [3.63, 3.8) is 0 Å². The van der Waals surface area contributed by atoms with E-state index >= 15 is 0 Å². The van der Waals surface area contributed by atoms with Crippen LogP contribution in [0.25, 0.3) is 21.8 Å². The van der Waals surface area contributed by atoms with Crippen LogP contribution in [-0.4, -0.2) is 17.5 Å². The van der Waals surface area contributed by atoms with E-state index in [9.17, 15) is 4.79 Å². The Hall–Kier alpha value is -3.15. The van der Waals surface area contributed by atoms with Crippen molar-refractivity contribution in [3.05, 3.63) is 94.8 Å². The summed E-state index contributed by atoms with van der Waals surface area (Å²) in [5.41, 5.74) is 4.11. The molecule has 0 atom stereocenters. The highest BCUT2D eigenvalue weighted by molar-refractivity contribution is 7.13. The van der Waals surface area contributed by atoms with Crippen molar-refractivity contribution < 1.29 is 9.53 Å². The van der Waals surface area contributed by atoms with Crippen LogP contribution in [0.2, 0.25) is 5.02 Å². The summed E-state index contributed by atoms with van der Waals surface area (Å²) in [4.78, 5) is 16.8. The fourth-order valence-corrected chi connectivity index (χ4v) is 3.90. The van der Waals surface area contributed by atoms with Gasteiger partial charge in [0.2, 0.25) is 0 Å². The van der Waals surface area contributed by atoms with Crippen LogP contribution in [0.4, 0.5) is 0 Å². The molecular formula is C24H19ClN2O2S. The number of rotatable bonds is 7. The molecule has 0 bridgehead atoms. The Bertz CT molecular complexity index is 1130. The molecule has 4 aromatic rings. The zero-order chi connectivity index (χ0) is 20.8. The fraction of sp³-hybridized carbons (Fsp3) is 0.0833. The largest absolute Gasteiger partial charge is 0.482 e. The molecule has 1 heterocycles. The van der Waals surface area contributed by atoms with E-state index in [0.717, 1.165) is 27.4 Å².